The van der Waals surface area contributed by atoms with E-state index < -0.39 is 8.07 Å². The molecule has 0 aromatic carbocycles. The van der Waals surface area contributed by atoms with Crippen LogP contribution in [0.3, 0.4) is 0 Å². The Balaban J connectivity index is 5.14. The molecule has 0 atom stereocenters. The first kappa shape index (κ1) is 13.6. The van der Waals surface area contributed by atoms with Gasteiger partial charge in [0.05, 0.1) is 8.07 Å². The van der Waals surface area contributed by atoms with Crippen molar-refractivity contribution in [3.05, 3.63) is 10.8 Å². The lowest BCUT2D eigenvalue weighted by molar-refractivity contribution is -0.118. The lowest BCUT2D eigenvalue weighted by Gasteiger charge is -2.23. The van der Waals surface area contributed by atoms with Crippen LogP contribution in [0.15, 0.2) is 10.8 Å². The van der Waals surface area contributed by atoms with Gasteiger partial charge in [-0.15, -0.1) is 0 Å². The summed E-state index contributed by atoms with van der Waals surface area (Å²) in [4.78, 5) is 11.9. The van der Waals surface area contributed by atoms with Gasteiger partial charge in [0.25, 0.3) is 0 Å². The van der Waals surface area contributed by atoms with Crippen LogP contribution in [0.25, 0.3) is 0 Å². The Hall–Kier alpha value is -0.373. The van der Waals surface area contributed by atoms with Crippen LogP contribution < -0.4 is 0 Å². The van der Waals surface area contributed by atoms with Gasteiger partial charge in [0.2, 0.25) is 0 Å². The number of carbonyl (C=O) groups is 1. The third kappa shape index (κ3) is 3.41. The Bertz CT molecular complexity index is 244. The molecule has 0 radical (unpaired) electrons. The van der Waals surface area contributed by atoms with E-state index in [0.29, 0.717) is 5.78 Å². The van der Waals surface area contributed by atoms with Crippen molar-refractivity contribution in [2.75, 3.05) is 0 Å². The highest BCUT2D eigenvalue weighted by atomic mass is 28.3. The predicted molar refractivity (Wildman–Crippen MR) is 66.2 cm³/mol. The zero-order valence-electron chi connectivity index (χ0n) is 10.7. The molecule has 0 aliphatic rings. The fourth-order valence-corrected chi connectivity index (χ4v) is 4.25. The zero-order valence-corrected chi connectivity index (χ0v) is 11.7. The van der Waals surface area contributed by atoms with Crippen LogP contribution in [0.1, 0.15) is 34.1 Å². The van der Waals surface area contributed by atoms with E-state index in [1.54, 1.807) is 0 Å². The van der Waals surface area contributed by atoms with E-state index in [4.69, 9.17) is 0 Å². The molecule has 0 fully saturated rings. The second-order valence-electron chi connectivity index (χ2n) is 5.23. The molecule has 82 valence electrons. The van der Waals surface area contributed by atoms with Crippen LogP contribution in [-0.4, -0.2) is 13.9 Å². The van der Waals surface area contributed by atoms with E-state index in [2.05, 4.69) is 26.6 Å². The molecule has 0 N–H and O–H groups in total. The van der Waals surface area contributed by atoms with Crippen LogP contribution >= 0.6 is 0 Å². The quantitative estimate of drug-likeness (QED) is 0.511. The first-order chi connectivity index (χ1) is 6.21. The molecule has 0 saturated carbocycles. The largest absolute Gasteiger partial charge is 0.294 e. The highest BCUT2D eigenvalue weighted by Crippen LogP contribution is 2.23. The van der Waals surface area contributed by atoms with Crippen molar-refractivity contribution < 1.29 is 4.79 Å². The summed E-state index contributed by atoms with van der Waals surface area (Å²) in [6.45, 7) is 15.0. The normalized spacial score (nSPS) is 14.3. The predicted octanol–water partition coefficient (Wildman–Crippen LogP) is 3.82. The molecule has 0 aromatic heterocycles. The highest BCUT2D eigenvalue weighted by Gasteiger charge is 2.23. The van der Waals surface area contributed by atoms with Gasteiger partial charge in [0, 0.05) is 5.92 Å². The van der Waals surface area contributed by atoms with Crippen LogP contribution in [0.2, 0.25) is 19.6 Å². The molecule has 0 aliphatic heterocycles. The summed E-state index contributed by atoms with van der Waals surface area (Å²) in [6, 6.07) is 0. The molecule has 0 spiro atoms. The summed E-state index contributed by atoms with van der Waals surface area (Å²) >= 11 is 0. The van der Waals surface area contributed by atoms with Crippen molar-refractivity contribution in [2.24, 2.45) is 5.92 Å². The second-order valence-corrected chi connectivity index (χ2v) is 10.3. The number of ketones is 1. The number of allylic oxidation sites excluding steroid dienone is 2. The number of hydrogen-bond acceptors (Lipinski definition) is 1. The summed E-state index contributed by atoms with van der Waals surface area (Å²) in [5, 5.41) is 1.43. The number of carbonyl (C=O) groups excluding carboxylic acids is 1. The lowest BCUT2D eigenvalue weighted by Crippen LogP contribution is -2.27. The Morgan fingerprint density at radius 2 is 1.64 bits per heavy atom. The SMILES string of the molecule is CCC(=C(C)C(=O)C(C)C)[Si](C)(C)C. The monoisotopic (exact) mass is 212 g/mol. The number of Topliss-reactive ketones (excluding diaryl/α,β-unsaturated/α-hetero) is 1. The average molecular weight is 212 g/mol. The molecular weight excluding hydrogens is 188 g/mol. The second kappa shape index (κ2) is 4.92. The Kier molecular flexibility index (Phi) is 4.79. The molecule has 0 aliphatic carbocycles. The first-order valence-electron chi connectivity index (χ1n) is 5.46. The van der Waals surface area contributed by atoms with Gasteiger partial charge in [-0.05, 0) is 18.9 Å². The van der Waals surface area contributed by atoms with E-state index in [1.807, 2.05) is 20.8 Å². The minimum absolute atomic E-state index is 0.132. The van der Waals surface area contributed by atoms with Crippen molar-refractivity contribution in [1.29, 1.82) is 0 Å². The van der Waals surface area contributed by atoms with E-state index in [1.165, 1.54) is 5.20 Å². The summed E-state index contributed by atoms with van der Waals surface area (Å²) in [5.74, 6) is 0.456. The molecule has 0 amide bonds. The molecule has 0 heterocycles. The Morgan fingerprint density at radius 3 is 1.86 bits per heavy atom. The molecule has 0 bridgehead atoms. The fourth-order valence-electron chi connectivity index (χ4n) is 1.94. The van der Waals surface area contributed by atoms with Crippen molar-refractivity contribution in [3.63, 3.8) is 0 Å². The fraction of sp³-hybridized carbons (Fsp3) is 0.750. The first-order valence-corrected chi connectivity index (χ1v) is 8.96. The molecule has 0 unspecified atom stereocenters. The Morgan fingerprint density at radius 1 is 1.21 bits per heavy atom. The summed E-state index contributed by atoms with van der Waals surface area (Å²) in [5.41, 5.74) is 1.03. The summed E-state index contributed by atoms with van der Waals surface area (Å²) in [6.07, 6.45) is 1.03. The third-order valence-electron chi connectivity index (χ3n) is 2.61. The van der Waals surface area contributed by atoms with Crippen molar-refractivity contribution in [3.8, 4) is 0 Å². The van der Waals surface area contributed by atoms with Gasteiger partial charge in [-0.25, -0.2) is 0 Å². The Labute approximate surface area is 89.6 Å². The molecule has 0 aromatic rings. The van der Waals surface area contributed by atoms with E-state index >= 15 is 0 Å². The topological polar surface area (TPSA) is 17.1 Å². The van der Waals surface area contributed by atoms with Gasteiger partial charge in [0.1, 0.15) is 0 Å². The van der Waals surface area contributed by atoms with Gasteiger partial charge < -0.3 is 0 Å². The number of hydrogen-bond donors (Lipinski definition) is 0. The van der Waals surface area contributed by atoms with Crippen molar-refractivity contribution in [1.82, 2.24) is 0 Å². The standard InChI is InChI=1S/C12H24OSi/c1-8-11(14(5,6)7)10(4)12(13)9(2)3/h9H,8H2,1-7H3. The van der Waals surface area contributed by atoms with E-state index in [-0.39, 0.29) is 5.92 Å². The average Bonchev–Trinajstić information content (AvgIpc) is 2.01. The maximum atomic E-state index is 11.9. The molecule has 0 rings (SSSR count). The van der Waals surface area contributed by atoms with Gasteiger partial charge >= 0.3 is 0 Å². The van der Waals surface area contributed by atoms with Gasteiger partial charge in [0.15, 0.2) is 5.78 Å². The summed E-state index contributed by atoms with van der Waals surface area (Å²) in [7, 11) is -1.30. The highest BCUT2D eigenvalue weighted by molar-refractivity contribution is 6.83. The summed E-state index contributed by atoms with van der Waals surface area (Å²) < 4.78 is 0. The third-order valence-corrected chi connectivity index (χ3v) is 5.14. The van der Waals surface area contributed by atoms with Gasteiger partial charge in [-0.1, -0.05) is 45.6 Å². The van der Waals surface area contributed by atoms with E-state index in [0.717, 1.165) is 12.0 Å². The van der Waals surface area contributed by atoms with Gasteiger partial charge in [-0.3, -0.25) is 4.79 Å². The minimum Gasteiger partial charge on any atom is -0.294 e. The number of rotatable bonds is 4. The van der Waals surface area contributed by atoms with E-state index in [9.17, 15) is 4.79 Å². The van der Waals surface area contributed by atoms with Crippen molar-refractivity contribution in [2.45, 2.75) is 53.8 Å². The van der Waals surface area contributed by atoms with Crippen LogP contribution in [0.4, 0.5) is 0 Å². The van der Waals surface area contributed by atoms with Crippen LogP contribution in [0, 0.1) is 5.92 Å². The van der Waals surface area contributed by atoms with Crippen molar-refractivity contribution >= 4 is 13.9 Å². The zero-order chi connectivity index (χ0) is 11.5. The molecule has 1 nitrogen and oxygen atoms in total. The van der Waals surface area contributed by atoms with Gasteiger partial charge in [-0.2, -0.15) is 0 Å². The molecule has 2 heteroatoms. The maximum absolute atomic E-state index is 11.9. The smallest absolute Gasteiger partial charge is 0.160 e. The lowest BCUT2D eigenvalue weighted by atomic mass is 10.0. The molecule has 14 heavy (non-hydrogen) atoms. The molecule has 0 saturated heterocycles. The minimum atomic E-state index is -1.30. The van der Waals surface area contributed by atoms with Crippen LogP contribution in [0.5, 0.6) is 0 Å². The van der Waals surface area contributed by atoms with Crippen LogP contribution in [-0.2, 0) is 4.79 Å². The molecular formula is C12H24OSi. The maximum Gasteiger partial charge on any atom is 0.160 e.